The Morgan fingerprint density at radius 1 is 1.35 bits per heavy atom. The summed E-state index contributed by atoms with van der Waals surface area (Å²) >= 11 is 0. The Morgan fingerprint density at radius 2 is 2.24 bits per heavy atom. The van der Waals surface area contributed by atoms with Crippen molar-refractivity contribution in [1.29, 1.82) is 0 Å². The van der Waals surface area contributed by atoms with E-state index in [0.29, 0.717) is 6.04 Å². The average molecular weight is 235 g/mol. The molecule has 1 aromatic rings. The third-order valence-electron chi connectivity index (χ3n) is 3.85. The molecule has 1 atom stereocenters. The number of hydrogen-bond donors (Lipinski definition) is 2. The molecule has 2 fully saturated rings. The van der Waals surface area contributed by atoms with Gasteiger partial charge in [0, 0.05) is 6.42 Å². The summed E-state index contributed by atoms with van der Waals surface area (Å²) < 4.78 is 5.80. The normalized spacial score (nSPS) is 25.8. The quantitative estimate of drug-likeness (QED) is 0.835. The van der Waals surface area contributed by atoms with Gasteiger partial charge in [0.2, 0.25) is 0 Å². The fourth-order valence-corrected chi connectivity index (χ4v) is 2.70. The molecule has 3 heterocycles. The Bertz CT molecular complexity index is 378. The van der Waals surface area contributed by atoms with Crippen molar-refractivity contribution in [3.63, 3.8) is 0 Å². The van der Waals surface area contributed by atoms with Crippen LogP contribution in [0.25, 0.3) is 0 Å². The Balaban J connectivity index is 1.70. The molecule has 1 aromatic heterocycles. The molecule has 2 aliphatic rings. The summed E-state index contributed by atoms with van der Waals surface area (Å²) in [6.45, 7) is 5.37. The van der Waals surface area contributed by atoms with Gasteiger partial charge in [-0.2, -0.15) is 0 Å². The largest absolute Gasteiger partial charge is 0.446 e. The predicted octanol–water partition coefficient (Wildman–Crippen LogP) is 1.56. The first-order valence-electron chi connectivity index (χ1n) is 6.73. The molecular weight excluding hydrogens is 214 g/mol. The third kappa shape index (κ3) is 2.38. The Hall–Kier alpha value is -0.870. The third-order valence-corrected chi connectivity index (χ3v) is 3.85. The van der Waals surface area contributed by atoms with E-state index in [0.717, 1.165) is 49.3 Å². The lowest BCUT2D eigenvalue weighted by molar-refractivity contribution is 0.315. The Labute approximate surface area is 102 Å². The summed E-state index contributed by atoms with van der Waals surface area (Å²) in [6, 6.07) is 0.417. The van der Waals surface area contributed by atoms with Gasteiger partial charge in [0.1, 0.15) is 5.76 Å². The van der Waals surface area contributed by atoms with Crippen LogP contribution in [0, 0.1) is 12.8 Å². The van der Waals surface area contributed by atoms with Crippen molar-refractivity contribution in [2.24, 2.45) is 5.92 Å². The second-order valence-corrected chi connectivity index (χ2v) is 5.28. The smallest absolute Gasteiger partial charge is 0.195 e. The van der Waals surface area contributed by atoms with Gasteiger partial charge in [0.15, 0.2) is 5.89 Å². The van der Waals surface area contributed by atoms with Gasteiger partial charge in [-0.3, -0.25) is 0 Å². The van der Waals surface area contributed by atoms with Gasteiger partial charge in [-0.25, -0.2) is 4.98 Å². The molecule has 2 aliphatic heterocycles. The van der Waals surface area contributed by atoms with E-state index in [2.05, 4.69) is 10.6 Å². The SMILES string of the molecule is Cc1oc(CC2CNC2)nc1C1CCCCN1. The van der Waals surface area contributed by atoms with Crippen LogP contribution in [0.15, 0.2) is 4.42 Å². The molecule has 0 spiro atoms. The van der Waals surface area contributed by atoms with Crippen LogP contribution in [0.5, 0.6) is 0 Å². The van der Waals surface area contributed by atoms with Crippen LogP contribution < -0.4 is 10.6 Å². The number of rotatable bonds is 3. The van der Waals surface area contributed by atoms with E-state index in [4.69, 9.17) is 9.40 Å². The molecule has 2 N–H and O–H groups in total. The van der Waals surface area contributed by atoms with Crippen molar-refractivity contribution in [2.75, 3.05) is 19.6 Å². The molecule has 17 heavy (non-hydrogen) atoms. The number of piperidine rings is 1. The highest BCUT2D eigenvalue weighted by atomic mass is 16.4. The van der Waals surface area contributed by atoms with Crippen LogP contribution in [0.4, 0.5) is 0 Å². The lowest BCUT2D eigenvalue weighted by atomic mass is 9.99. The van der Waals surface area contributed by atoms with Crippen molar-refractivity contribution in [1.82, 2.24) is 15.6 Å². The minimum atomic E-state index is 0.417. The molecule has 0 aromatic carbocycles. The summed E-state index contributed by atoms with van der Waals surface area (Å²) in [5, 5.41) is 6.82. The first-order chi connectivity index (χ1) is 8.33. The zero-order chi connectivity index (χ0) is 11.7. The molecule has 2 saturated heterocycles. The molecule has 3 rings (SSSR count). The molecular formula is C13H21N3O. The fraction of sp³-hybridized carbons (Fsp3) is 0.769. The maximum Gasteiger partial charge on any atom is 0.195 e. The number of aryl methyl sites for hydroxylation is 1. The lowest BCUT2D eigenvalue weighted by Crippen LogP contribution is -2.43. The standard InChI is InChI=1S/C13H21N3O/c1-9-13(11-4-2-3-5-15-11)16-12(17-9)6-10-7-14-8-10/h10-11,14-15H,2-8H2,1H3. The summed E-state index contributed by atoms with van der Waals surface area (Å²) in [5.74, 6) is 2.66. The molecule has 4 nitrogen and oxygen atoms in total. The molecule has 4 heteroatoms. The molecule has 1 unspecified atom stereocenters. The Morgan fingerprint density at radius 3 is 2.88 bits per heavy atom. The van der Waals surface area contributed by atoms with Crippen molar-refractivity contribution in [2.45, 2.75) is 38.6 Å². The maximum absolute atomic E-state index is 5.80. The van der Waals surface area contributed by atoms with Gasteiger partial charge < -0.3 is 15.1 Å². The van der Waals surface area contributed by atoms with Gasteiger partial charge in [0.05, 0.1) is 11.7 Å². The zero-order valence-corrected chi connectivity index (χ0v) is 10.5. The highest BCUT2D eigenvalue weighted by Gasteiger charge is 2.24. The number of aromatic nitrogens is 1. The average Bonchev–Trinajstić information content (AvgIpc) is 2.66. The number of oxazole rings is 1. The molecule has 0 bridgehead atoms. The molecule has 0 radical (unpaired) electrons. The van der Waals surface area contributed by atoms with Crippen molar-refractivity contribution >= 4 is 0 Å². The van der Waals surface area contributed by atoms with E-state index in [1.54, 1.807) is 0 Å². The van der Waals surface area contributed by atoms with Gasteiger partial charge in [-0.05, 0) is 45.3 Å². The second kappa shape index (κ2) is 4.78. The van der Waals surface area contributed by atoms with Crippen LogP contribution >= 0.6 is 0 Å². The van der Waals surface area contributed by atoms with E-state index in [1.807, 2.05) is 6.92 Å². The van der Waals surface area contributed by atoms with E-state index < -0.39 is 0 Å². The van der Waals surface area contributed by atoms with Crippen molar-refractivity contribution in [3.05, 3.63) is 17.3 Å². The predicted molar refractivity (Wildman–Crippen MR) is 65.9 cm³/mol. The lowest BCUT2D eigenvalue weighted by Gasteiger charge is -2.25. The number of nitrogens with one attached hydrogen (secondary N) is 2. The first-order valence-corrected chi connectivity index (χ1v) is 6.73. The van der Waals surface area contributed by atoms with Crippen LogP contribution in [0.1, 0.15) is 42.6 Å². The van der Waals surface area contributed by atoms with E-state index in [9.17, 15) is 0 Å². The van der Waals surface area contributed by atoms with Crippen molar-refractivity contribution in [3.8, 4) is 0 Å². The molecule has 94 valence electrons. The van der Waals surface area contributed by atoms with Crippen LogP contribution in [-0.2, 0) is 6.42 Å². The maximum atomic E-state index is 5.80. The summed E-state index contributed by atoms with van der Waals surface area (Å²) in [6.07, 6.45) is 4.76. The highest BCUT2D eigenvalue weighted by molar-refractivity contribution is 5.14. The zero-order valence-electron chi connectivity index (χ0n) is 10.5. The van der Waals surface area contributed by atoms with Gasteiger partial charge in [-0.15, -0.1) is 0 Å². The monoisotopic (exact) mass is 235 g/mol. The van der Waals surface area contributed by atoms with E-state index in [-0.39, 0.29) is 0 Å². The van der Waals surface area contributed by atoms with E-state index in [1.165, 1.54) is 19.3 Å². The second-order valence-electron chi connectivity index (χ2n) is 5.28. The minimum Gasteiger partial charge on any atom is -0.446 e. The van der Waals surface area contributed by atoms with Gasteiger partial charge >= 0.3 is 0 Å². The van der Waals surface area contributed by atoms with Crippen LogP contribution in [-0.4, -0.2) is 24.6 Å². The number of nitrogens with zero attached hydrogens (tertiary/aromatic N) is 1. The fourth-order valence-electron chi connectivity index (χ4n) is 2.70. The van der Waals surface area contributed by atoms with E-state index >= 15 is 0 Å². The first kappa shape index (κ1) is 11.2. The van der Waals surface area contributed by atoms with Gasteiger partial charge in [0.25, 0.3) is 0 Å². The summed E-state index contributed by atoms with van der Waals surface area (Å²) in [7, 11) is 0. The summed E-state index contributed by atoms with van der Waals surface area (Å²) in [4.78, 5) is 4.70. The van der Waals surface area contributed by atoms with Crippen LogP contribution in [0.3, 0.4) is 0 Å². The van der Waals surface area contributed by atoms with Gasteiger partial charge in [-0.1, -0.05) is 6.42 Å². The highest BCUT2D eigenvalue weighted by Crippen LogP contribution is 2.26. The molecule has 0 saturated carbocycles. The molecule has 0 aliphatic carbocycles. The Kier molecular flexibility index (Phi) is 3.16. The van der Waals surface area contributed by atoms with Crippen molar-refractivity contribution < 1.29 is 4.42 Å². The number of hydrogen-bond acceptors (Lipinski definition) is 4. The topological polar surface area (TPSA) is 50.1 Å². The summed E-state index contributed by atoms with van der Waals surface area (Å²) in [5.41, 5.74) is 1.15. The van der Waals surface area contributed by atoms with Crippen LogP contribution in [0.2, 0.25) is 0 Å². The minimum absolute atomic E-state index is 0.417. The molecule has 0 amide bonds.